The van der Waals surface area contributed by atoms with E-state index in [0.29, 0.717) is 17.5 Å². The number of fused-ring (bicyclic) bond motifs is 1. The largest absolute Gasteiger partial charge is 0.457 e. The average molecular weight is 430 g/mol. The van der Waals surface area contributed by atoms with Gasteiger partial charge >= 0.3 is 5.97 Å². The fraction of sp³-hybridized carbons (Fsp3) is 0.435. The summed E-state index contributed by atoms with van der Waals surface area (Å²) >= 11 is 0. The molecule has 2 fully saturated rings. The van der Waals surface area contributed by atoms with Gasteiger partial charge in [-0.2, -0.15) is 8.42 Å². The van der Waals surface area contributed by atoms with Gasteiger partial charge < -0.3 is 10.1 Å². The first-order valence-corrected chi connectivity index (χ1v) is 11.9. The summed E-state index contributed by atoms with van der Waals surface area (Å²) in [5, 5.41) is 3.61. The van der Waals surface area contributed by atoms with Gasteiger partial charge in [0.05, 0.1) is 5.56 Å². The molecule has 2 aliphatic rings. The number of hydrogen-bond donors (Lipinski definition) is 2. The number of aryl methyl sites for hydroxylation is 1. The van der Waals surface area contributed by atoms with E-state index in [0.717, 1.165) is 30.4 Å². The Morgan fingerprint density at radius 3 is 2.57 bits per heavy atom. The van der Waals surface area contributed by atoms with Gasteiger partial charge in [-0.05, 0) is 54.9 Å². The van der Waals surface area contributed by atoms with Crippen LogP contribution in [0.25, 0.3) is 0 Å². The van der Waals surface area contributed by atoms with Gasteiger partial charge in [-0.3, -0.25) is 4.55 Å². The van der Waals surface area contributed by atoms with E-state index < -0.39 is 21.0 Å². The maximum Gasteiger partial charge on any atom is 0.340 e. The first-order chi connectivity index (χ1) is 14.3. The summed E-state index contributed by atoms with van der Waals surface area (Å²) < 4.78 is 39.5. The molecule has 1 saturated heterocycles. The summed E-state index contributed by atoms with van der Waals surface area (Å²) in [6.07, 6.45) is 5.45. The van der Waals surface area contributed by atoms with Crippen molar-refractivity contribution in [3.05, 3.63) is 64.7 Å². The second-order valence-electron chi connectivity index (χ2n) is 8.31. The van der Waals surface area contributed by atoms with Crippen molar-refractivity contribution in [3.63, 3.8) is 0 Å². The van der Waals surface area contributed by atoms with Crippen LogP contribution < -0.4 is 5.32 Å². The van der Waals surface area contributed by atoms with Gasteiger partial charge in [0.2, 0.25) is 0 Å². The van der Waals surface area contributed by atoms with Crippen LogP contribution in [0.5, 0.6) is 0 Å². The van der Waals surface area contributed by atoms with Crippen molar-refractivity contribution < 1.29 is 22.5 Å². The molecule has 4 rings (SSSR count). The Hall–Kier alpha value is -2.22. The summed E-state index contributed by atoms with van der Waals surface area (Å²) in [7, 11) is -4.58. The highest BCUT2D eigenvalue weighted by atomic mass is 32.2. The van der Waals surface area contributed by atoms with E-state index >= 15 is 0 Å². The number of hydrogen-bond acceptors (Lipinski definition) is 5. The number of carbonyl (C=O) groups is 1. The lowest BCUT2D eigenvalue weighted by atomic mass is 9.84. The Balaban J connectivity index is 1.71. The average Bonchev–Trinajstić information content (AvgIpc) is 3.15. The molecule has 2 aromatic rings. The lowest BCUT2D eigenvalue weighted by molar-refractivity contribution is 0.0465. The van der Waals surface area contributed by atoms with Gasteiger partial charge in [0, 0.05) is 12.1 Å². The molecule has 1 heterocycles. The second-order valence-corrected chi connectivity index (χ2v) is 9.70. The third-order valence-corrected chi connectivity index (χ3v) is 7.23. The molecule has 0 bridgehead atoms. The molecule has 1 saturated carbocycles. The molecule has 3 atom stereocenters. The van der Waals surface area contributed by atoms with Gasteiger partial charge in [-0.25, -0.2) is 4.79 Å². The third kappa shape index (κ3) is 4.29. The van der Waals surface area contributed by atoms with Crippen LogP contribution in [-0.4, -0.2) is 25.0 Å². The number of nitrogens with one attached hydrogen (secondary N) is 1. The minimum atomic E-state index is -4.58. The van der Waals surface area contributed by atoms with Crippen LogP contribution in [0.15, 0.2) is 47.4 Å². The topological polar surface area (TPSA) is 92.7 Å². The van der Waals surface area contributed by atoms with Gasteiger partial charge in [0.1, 0.15) is 11.5 Å². The zero-order valence-electron chi connectivity index (χ0n) is 17.0. The minimum absolute atomic E-state index is 0.0291. The van der Waals surface area contributed by atoms with E-state index in [1.807, 2.05) is 37.3 Å². The molecule has 1 aliphatic carbocycles. The maximum atomic E-state index is 13.1. The third-order valence-electron chi connectivity index (χ3n) is 6.33. The molecular weight excluding hydrogens is 402 g/mol. The molecule has 30 heavy (non-hydrogen) atoms. The molecule has 2 N–H and O–H groups in total. The van der Waals surface area contributed by atoms with E-state index in [9.17, 15) is 17.8 Å². The van der Waals surface area contributed by atoms with Crippen molar-refractivity contribution in [1.29, 1.82) is 0 Å². The van der Waals surface area contributed by atoms with Crippen LogP contribution in [0, 0.1) is 12.8 Å². The molecule has 2 aromatic carbocycles. The van der Waals surface area contributed by atoms with Crippen LogP contribution in [0.3, 0.4) is 0 Å². The van der Waals surface area contributed by atoms with Crippen molar-refractivity contribution in [2.75, 3.05) is 0 Å². The van der Waals surface area contributed by atoms with E-state index in [4.69, 9.17) is 4.74 Å². The SMILES string of the molecule is Cc1ccc(S(=O)(=O)O)c(C(=O)OCc2ccccc2)c1C1CC2CCCCC2N1. The molecule has 1 aliphatic heterocycles. The standard InChI is InChI=1S/C23H27NO5S/c1-15-11-12-20(30(26,27)28)22(23(25)29-14-16-7-3-2-4-8-16)21(15)19-13-17-9-5-6-10-18(17)24-19/h2-4,7-8,11-12,17-19,24H,5-6,9-10,13-14H2,1H3,(H,26,27,28). The molecule has 0 aromatic heterocycles. The molecule has 6 nitrogen and oxygen atoms in total. The van der Waals surface area contributed by atoms with Crippen molar-refractivity contribution in [2.45, 2.75) is 62.6 Å². The van der Waals surface area contributed by atoms with Gasteiger partial charge in [0.25, 0.3) is 10.1 Å². The van der Waals surface area contributed by atoms with Gasteiger partial charge in [-0.1, -0.05) is 49.2 Å². The van der Waals surface area contributed by atoms with Crippen molar-refractivity contribution in [3.8, 4) is 0 Å². The van der Waals surface area contributed by atoms with Crippen molar-refractivity contribution in [1.82, 2.24) is 5.32 Å². The number of rotatable bonds is 5. The van der Waals surface area contributed by atoms with Crippen LogP contribution in [0.1, 0.15) is 65.2 Å². The molecule has 0 radical (unpaired) electrons. The number of ether oxygens (including phenoxy) is 1. The van der Waals surface area contributed by atoms with Crippen LogP contribution in [-0.2, 0) is 21.5 Å². The van der Waals surface area contributed by atoms with Crippen LogP contribution in [0.2, 0.25) is 0 Å². The predicted molar refractivity (Wildman–Crippen MR) is 113 cm³/mol. The second kappa shape index (κ2) is 8.49. The fourth-order valence-corrected chi connectivity index (χ4v) is 5.60. The maximum absolute atomic E-state index is 13.1. The van der Waals surface area contributed by atoms with E-state index in [2.05, 4.69) is 5.32 Å². The summed E-state index contributed by atoms with van der Waals surface area (Å²) in [5.74, 6) is -0.215. The Kier molecular flexibility index (Phi) is 5.95. The first kappa shape index (κ1) is 21.0. The molecule has 7 heteroatoms. The summed E-state index contributed by atoms with van der Waals surface area (Å²) in [5.41, 5.74) is 2.19. The summed E-state index contributed by atoms with van der Waals surface area (Å²) in [6.45, 7) is 1.89. The molecule has 0 spiro atoms. The van der Waals surface area contributed by atoms with Gasteiger partial charge in [-0.15, -0.1) is 0 Å². The lowest BCUT2D eigenvalue weighted by Crippen LogP contribution is -2.31. The summed E-state index contributed by atoms with van der Waals surface area (Å²) in [6, 6.07) is 12.4. The Morgan fingerprint density at radius 2 is 1.87 bits per heavy atom. The summed E-state index contributed by atoms with van der Waals surface area (Å²) in [4.78, 5) is 12.7. The Morgan fingerprint density at radius 1 is 1.13 bits per heavy atom. The van der Waals surface area contributed by atoms with Crippen LogP contribution >= 0.6 is 0 Å². The quantitative estimate of drug-likeness (QED) is 0.547. The van der Waals surface area contributed by atoms with Crippen molar-refractivity contribution in [2.24, 2.45) is 5.92 Å². The highest BCUT2D eigenvalue weighted by molar-refractivity contribution is 7.86. The van der Waals surface area contributed by atoms with Crippen LogP contribution in [0.4, 0.5) is 0 Å². The predicted octanol–water partition coefficient (Wildman–Crippen LogP) is 4.19. The first-order valence-electron chi connectivity index (χ1n) is 10.4. The smallest absolute Gasteiger partial charge is 0.340 e. The van der Waals surface area contributed by atoms with Crippen molar-refractivity contribution >= 4 is 16.1 Å². The highest BCUT2D eigenvalue weighted by Gasteiger charge is 2.39. The monoisotopic (exact) mass is 429 g/mol. The van der Waals surface area contributed by atoms with E-state index in [-0.39, 0.29) is 18.2 Å². The molecule has 0 amide bonds. The Bertz CT molecular complexity index is 1020. The number of carbonyl (C=O) groups excluding carboxylic acids is 1. The van der Waals surface area contributed by atoms with E-state index in [1.54, 1.807) is 6.07 Å². The van der Waals surface area contributed by atoms with E-state index in [1.165, 1.54) is 18.9 Å². The number of benzene rings is 2. The molecule has 160 valence electrons. The highest BCUT2D eigenvalue weighted by Crippen LogP contribution is 2.42. The molecular formula is C23H27NO5S. The number of esters is 1. The zero-order valence-corrected chi connectivity index (χ0v) is 17.8. The fourth-order valence-electron chi connectivity index (χ4n) is 4.91. The van der Waals surface area contributed by atoms with Gasteiger partial charge in [0.15, 0.2) is 0 Å². The lowest BCUT2D eigenvalue weighted by Gasteiger charge is -2.24. The normalized spacial score (nSPS) is 23.7. The molecule has 3 unspecified atom stereocenters. The minimum Gasteiger partial charge on any atom is -0.457 e. The Labute approximate surface area is 177 Å². The zero-order chi connectivity index (χ0) is 21.3.